The molecule has 0 saturated carbocycles. The SMILES string of the molecule is COCC(O)CNC(=O)c1cc2c(s1)CCC2. The molecule has 2 rings (SSSR count). The van der Waals surface area contributed by atoms with Gasteiger partial charge in [0.05, 0.1) is 17.6 Å². The minimum atomic E-state index is -0.643. The summed E-state index contributed by atoms with van der Waals surface area (Å²) in [6.45, 7) is 0.469. The van der Waals surface area contributed by atoms with E-state index in [9.17, 15) is 9.90 Å². The molecular formula is C12H17NO3S. The maximum Gasteiger partial charge on any atom is 0.261 e. The molecule has 1 unspecified atom stereocenters. The highest BCUT2D eigenvalue weighted by atomic mass is 32.1. The van der Waals surface area contributed by atoms with Gasteiger partial charge < -0.3 is 15.2 Å². The van der Waals surface area contributed by atoms with E-state index in [1.165, 1.54) is 24.0 Å². The van der Waals surface area contributed by atoms with E-state index in [1.807, 2.05) is 6.07 Å². The standard InChI is InChI=1S/C12H17NO3S/c1-16-7-9(14)6-13-12(15)11-5-8-3-2-4-10(8)17-11/h5,9,14H,2-4,6-7H2,1H3,(H,13,15). The fourth-order valence-corrected chi connectivity index (χ4v) is 3.16. The molecule has 0 spiro atoms. The minimum Gasteiger partial charge on any atom is -0.389 e. The van der Waals surface area contributed by atoms with Gasteiger partial charge in [-0.2, -0.15) is 0 Å². The van der Waals surface area contributed by atoms with Crippen molar-refractivity contribution < 1.29 is 14.6 Å². The Morgan fingerprint density at radius 2 is 2.47 bits per heavy atom. The average molecular weight is 255 g/mol. The number of amides is 1. The molecule has 0 saturated heterocycles. The van der Waals surface area contributed by atoms with E-state index in [4.69, 9.17) is 4.74 Å². The molecule has 0 aliphatic heterocycles. The Kier molecular flexibility index (Phi) is 4.15. The first-order valence-electron chi connectivity index (χ1n) is 5.77. The predicted molar refractivity (Wildman–Crippen MR) is 66.6 cm³/mol. The van der Waals surface area contributed by atoms with Crippen molar-refractivity contribution in [2.24, 2.45) is 0 Å². The van der Waals surface area contributed by atoms with Gasteiger partial charge in [0.25, 0.3) is 5.91 Å². The number of methoxy groups -OCH3 is 1. The number of nitrogens with one attached hydrogen (secondary N) is 1. The van der Waals surface area contributed by atoms with Crippen LogP contribution in [0, 0.1) is 0 Å². The number of fused-ring (bicyclic) bond motifs is 1. The van der Waals surface area contributed by atoms with Crippen LogP contribution in [0.25, 0.3) is 0 Å². The number of ether oxygens (including phenoxy) is 1. The molecular weight excluding hydrogens is 238 g/mol. The number of hydrogen-bond donors (Lipinski definition) is 2. The molecule has 1 amide bonds. The van der Waals surface area contributed by atoms with Crippen molar-refractivity contribution in [3.63, 3.8) is 0 Å². The van der Waals surface area contributed by atoms with Gasteiger partial charge in [0.1, 0.15) is 0 Å². The quantitative estimate of drug-likeness (QED) is 0.824. The Morgan fingerprint density at radius 1 is 1.65 bits per heavy atom. The lowest BCUT2D eigenvalue weighted by Gasteiger charge is -2.09. The van der Waals surface area contributed by atoms with E-state index in [0.717, 1.165) is 17.7 Å². The number of carbonyl (C=O) groups excluding carboxylic acids is 1. The normalized spacial score (nSPS) is 15.6. The molecule has 5 heteroatoms. The topological polar surface area (TPSA) is 58.6 Å². The molecule has 4 nitrogen and oxygen atoms in total. The van der Waals surface area contributed by atoms with Crippen molar-refractivity contribution in [2.45, 2.75) is 25.4 Å². The van der Waals surface area contributed by atoms with E-state index in [-0.39, 0.29) is 19.1 Å². The van der Waals surface area contributed by atoms with E-state index in [0.29, 0.717) is 0 Å². The smallest absolute Gasteiger partial charge is 0.261 e. The summed E-state index contributed by atoms with van der Waals surface area (Å²) in [5.41, 5.74) is 1.32. The van der Waals surface area contributed by atoms with Crippen LogP contribution in [0.4, 0.5) is 0 Å². The number of rotatable bonds is 5. The van der Waals surface area contributed by atoms with Crippen molar-refractivity contribution in [1.82, 2.24) is 5.32 Å². The van der Waals surface area contributed by atoms with Gasteiger partial charge in [-0.3, -0.25) is 4.79 Å². The van der Waals surface area contributed by atoms with Crippen LogP contribution >= 0.6 is 11.3 Å². The van der Waals surface area contributed by atoms with Crippen LogP contribution in [-0.4, -0.2) is 37.4 Å². The zero-order chi connectivity index (χ0) is 12.3. The second-order valence-electron chi connectivity index (χ2n) is 4.23. The van der Waals surface area contributed by atoms with Crippen molar-refractivity contribution >= 4 is 17.2 Å². The molecule has 94 valence electrons. The Morgan fingerprint density at radius 3 is 3.18 bits per heavy atom. The molecule has 0 fully saturated rings. The first-order valence-corrected chi connectivity index (χ1v) is 6.59. The zero-order valence-corrected chi connectivity index (χ0v) is 10.7. The maximum atomic E-state index is 11.8. The fraction of sp³-hybridized carbons (Fsp3) is 0.583. The van der Waals surface area contributed by atoms with Crippen LogP contribution < -0.4 is 5.32 Å². The third-order valence-corrected chi connectivity index (χ3v) is 4.06. The number of aliphatic hydroxyl groups excluding tert-OH is 1. The molecule has 1 aromatic heterocycles. The van der Waals surface area contributed by atoms with Crippen molar-refractivity contribution in [3.8, 4) is 0 Å². The summed E-state index contributed by atoms with van der Waals surface area (Å²) >= 11 is 1.57. The van der Waals surface area contributed by atoms with Crippen molar-refractivity contribution in [3.05, 3.63) is 21.4 Å². The predicted octanol–water partition coefficient (Wildman–Crippen LogP) is 0.974. The van der Waals surface area contributed by atoms with Crippen LogP contribution in [0.2, 0.25) is 0 Å². The molecule has 1 aliphatic carbocycles. The van der Waals surface area contributed by atoms with Crippen LogP contribution in [0.5, 0.6) is 0 Å². The number of thiophene rings is 1. The second kappa shape index (κ2) is 5.62. The maximum absolute atomic E-state index is 11.8. The van der Waals surface area contributed by atoms with Crippen molar-refractivity contribution in [2.75, 3.05) is 20.3 Å². The molecule has 0 bridgehead atoms. The number of aryl methyl sites for hydroxylation is 2. The molecule has 17 heavy (non-hydrogen) atoms. The van der Waals surface area contributed by atoms with E-state index in [2.05, 4.69) is 5.32 Å². The lowest BCUT2D eigenvalue weighted by molar-refractivity contribution is 0.0611. The number of hydrogen-bond acceptors (Lipinski definition) is 4. The van der Waals surface area contributed by atoms with Gasteiger partial charge >= 0.3 is 0 Å². The molecule has 0 aromatic carbocycles. The van der Waals surface area contributed by atoms with Gasteiger partial charge in [0.15, 0.2) is 0 Å². The summed E-state index contributed by atoms with van der Waals surface area (Å²) < 4.78 is 4.79. The molecule has 1 atom stereocenters. The van der Waals surface area contributed by atoms with E-state index >= 15 is 0 Å². The molecule has 2 N–H and O–H groups in total. The zero-order valence-electron chi connectivity index (χ0n) is 9.86. The third kappa shape index (κ3) is 3.06. The summed E-state index contributed by atoms with van der Waals surface area (Å²) in [6, 6.07) is 1.98. The molecule has 1 aliphatic rings. The Balaban J connectivity index is 1.87. The first kappa shape index (κ1) is 12.5. The molecule has 1 aromatic rings. The average Bonchev–Trinajstić information content (AvgIpc) is 2.86. The van der Waals surface area contributed by atoms with Gasteiger partial charge in [0.2, 0.25) is 0 Å². The van der Waals surface area contributed by atoms with Crippen LogP contribution in [0.3, 0.4) is 0 Å². The molecule has 0 radical (unpaired) electrons. The molecule has 1 heterocycles. The van der Waals surface area contributed by atoms with Crippen LogP contribution in [-0.2, 0) is 17.6 Å². The van der Waals surface area contributed by atoms with E-state index < -0.39 is 6.10 Å². The number of carbonyl (C=O) groups is 1. The largest absolute Gasteiger partial charge is 0.389 e. The highest BCUT2D eigenvalue weighted by Crippen LogP contribution is 2.30. The van der Waals surface area contributed by atoms with Crippen LogP contribution in [0.1, 0.15) is 26.5 Å². The Hall–Kier alpha value is -0.910. The minimum absolute atomic E-state index is 0.0976. The van der Waals surface area contributed by atoms with Gasteiger partial charge in [-0.25, -0.2) is 0 Å². The summed E-state index contributed by atoms with van der Waals surface area (Å²) in [5.74, 6) is -0.0976. The monoisotopic (exact) mass is 255 g/mol. The fourth-order valence-electron chi connectivity index (χ4n) is 1.99. The summed E-state index contributed by atoms with van der Waals surface area (Å²) in [5, 5.41) is 12.1. The van der Waals surface area contributed by atoms with Crippen LogP contribution in [0.15, 0.2) is 6.07 Å². The van der Waals surface area contributed by atoms with Crippen molar-refractivity contribution in [1.29, 1.82) is 0 Å². The Labute approximate surface area is 105 Å². The summed E-state index contributed by atoms with van der Waals surface area (Å²) in [4.78, 5) is 13.9. The lowest BCUT2D eigenvalue weighted by Crippen LogP contribution is -2.33. The highest BCUT2D eigenvalue weighted by molar-refractivity contribution is 7.14. The highest BCUT2D eigenvalue weighted by Gasteiger charge is 2.18. The lowest BCUT2D eigenvalue weighted by atomic mass is 10.2. The number of aliphatic hydroxyl groups is 1. The third-order valence-electron chi connectivity index (χ3n) is 2.83. The first-order chi connectivity index (χ1) is 8.20. The van der Waals surface area contributed by atoms with Gasteiger partial charge in [-0.05, 0) is 30.9 Å². The van der Waals surface area contributed by atoms with E-state index in [1.54, 1.807) is 11.3 Å². The summed E-state index contributed by atoms with van der Waals surface area (Å²) in [6.07, 6.45) is 2.75. The Bertz CT molecular complexity index is 381. The summed E-state index contributed by atoms with van der Waals surface area (Å²) in [7, 11) is 1.52. The second-order valence-corrected chi connectivity index (χ2v) is 5.37. The van der Waals surface area contributed by atoms with Gasteiger partial charge in [-0.15, -0.1) is 11.3 Å². The van der Waals surface area contributed by atoms with Gasteiger partial charge in [0, 0.05) is 18.5 Å². The van der Waals surface area contributed by atoms with Gasteiger partial charge in [-0.1, -0.05) is 0 Å².